The Labute approximate surface area is 254 Å². The van der Waals surface area contributed by atoms with Crippen molar-refractivity contribution in [3.05, 3.63) is 64.8 Å². The van der Waals surface area contributed by atoms with E-state index in [0.29, 0.717) is 34.0 Å². The molecule has 1 saturated heterocycles. The Balaban J connectivity index is 1.27. The number of nitrogens with zero attached hydrogens (tertiary/aromatic N) is 4. The van der Waals surface area contributed by atoms with Gasteiger partial charge < -0.3 is 15.2 Å². The minimum Gasteiger partial charge on any atom is -0.383 e. The molecule has 0 bridgehead atoms. The van der Waals surface area contributed by atoms with Crippen LogP contribution in [0, 0.1) is 5.82 Å². The molecule has 6 rings (SSSR count). The van der Waals surface area contributed by atoms with E-state index in [1.807, 2.05) is 6.20 Å². The van der Waals surface area contributed by atoms with Gasteiger partial charge in [-0.1, -0.05) is 35.3 Å². The normalized spacial score (nSPS) is 20.7. The number of anilines is 2. The van der Waals surface area contributed by atoms with Crippen molar-refractivity contribution < 1.29 is 17.7 Å². The zero-order valence-electron chi connectivity index (χ0n) is 23.2. The molecule has 2 aromatic heterocycles. The molecule has 42 heavy (non-hydrogen) atoms. The average Bonchev–Trinajstić information content (AvgIpc) is 3.35. The van der Waals surface area contributed by atoms with Crippen LogP contribution in [0.2, 0.25) is 10.0 Å². The zero-order valence-corrected chi connectivity index (χ0v) is 25.5. The highest BCUT2D eigenvalue weighted by atomic mass is 35.5. The van der Waals surface area contributed by atoms with Crippen LogP contribution in [0.3, 0.4) is 0 Å². The van der Waals surface area contributed by atoms with Crippen LogP contribution < -0.4 is 15.4 Å². The van der Waals surface area contributed by atoms with Crippen LogP contribution in [0.5, 0.6) is 0 Å². The Hall–Kier alpha value is -2.96. The first kappa shape index (κ1) is 29.1. The van der Waals surface area contributed by atoms with Crippen molar-refractivity contribution >= 4 is 55.8 Å². The Morgan fingerprint density at radius 2 is 1.69 bits per heavy atom. The summed E-state index contributed by atoms with van der Waals surface area (Å²) in [6.07, 6.45) is 7.67. The van der Waals surface area contributed by atoms with E-state index >= 15 is 4.39 Å². The first-order valence-electron chi connectivity index (χ1n) is 14.1. The smallest absolute Gasteiger partial charge is 0.264 e. The number of hydrogen-bond donors (Lipinski definition) is 3. The Kier molecular flexibility index (Phi) is 8.05. The van der Waals surface area contributed by atoms with Gasteiger partial charge in [0.1, 0.15) is 28.5 Å². The second-order valence-corrected chi connectivity index (χ2v) is 13.6. The molecule has 1 saturated carbocycles. The number of sulfonamides is 1. The van der Waals surface area contributed by atoms with Crippen LogP contribution in [0.1, 0.15) is 31.7 Å². The molecule has 2 aliphatic rings. The number of nitrogens with one attached hydrogen (secondary N) is 2. The first-order valence-corrected chi connectivity index (χ1v) is 16.3. The minimum absolute atomic E-state index is 0.0612. The fourth-order valence-electron chi connectivity index (χ4n) is 6.28. The van der Waals surface area contributed by atoms with Gasteiger partial charge in [0.25, 0.3) is 10.0 Å². The highest BCUT2D eigenvalue weighted by molar-refractivity contribution is 7.93. The maximum atomic E-state index is 15.4. The zero-order chi connectivity index (χ0) is 29.6. The summed E-state index contributed by atoms with van der Waals surface area (Å²) in [7, 11) is -1.99. The number of quaternary nitrogens is 1. The van der Waals surface area contributed by atoms with Gasteiger partial charge in [-0.05, 0) is 55.5 Å². The number of aromatic nitrogens is 3. The van der Waals surface area contributed by atoms with Gasteiger partial charge >= 0.3 is 0 Å². The monoisotopic (exact) mass is 632 g/mol. The highest BCUT2D eigenvalue weighted by Crippen LogP contribution is 2.40. The summed E-state index contributed by atoms with van der Waals surface area (Å²) in [5.74, 6) is -0.453. The molecule has 0 atom stereocenters. The second-order valence-electron chi connectivity index (χ2n) is 11.2. The summed E-state index contributed by atoms with van der Waals surface area (Å²) in [6.45, 7) is 4.66. The molecule has 222 valence electrons. The van der Waals surface area contributed by atoms with Crippen molar-refractivity contribution in [1.82, 2.24) is 19.4 Å². The number of halogens is 3. The van der Waals surface area contributed by atoms with Gasteiger partial charge in [0.2, 0.25) is 0 Å². The van der Waals surface area contributed by atoms with Crippen LogP contribution in [-0.4, -0.2) is 67.1 Å². The van der Waals surface area contributed by atoms with Crippen molar-refractivity contribution in [3.63, 3.8) is 0 Å². The molecule has 13 heteroatoms. The predicted octanol–water partition coefficient (Wildman–Crippen LogP) is 4.24. The summed E-state index contributed by atoms with van der Waals surface area (Å²) in [5.41, 5.74) is 8.03. The molecular formula is C29H33Cl2FN7O2S+. The minimum atomic E-state index is -4.24. The molecule has 0 amide bonds. The number of likely N-dealkylation sites (N-methyl/N-ethyl adjacent to an activating group) is 1. The van der Waals surface area contributed by atoms with Crippen LogP contribution in [-0.2, 0) is 10.0 Å². The van der Waals surface area contributed by atoms with E-state index in [0.717, 1.165) is 38.8 Å². The highest BCUT2D eigenvalue weighted by Gasteiger charge is 2.31. The van der Waals surface area contributed by atoms with E-state index in [-0.39, 0.29) is 26.7 Å². The summed E-state index contributed by atoms with van der Waals surface area (Å²) >= 11 is 12.2. The second kappa shape index (κ2) is 11.6. The van der Waals surface area contributed by atoms with Gasteiger partial charge in [0.15, 0.2) is 0 Å². The fraction of sp³-hybridized carbons (Fsp3) is 0.379. The maximum Gasteiger partial charge on any atom is 0.264 e. The van der Waals surface area contributed by atoms with Crippen molar-refractivity contribution in [2.24, 2.45) is 0 Å². The van der Waals surface area contributed by atoms with Gasteiger partial charge in [-0.2, -0.15) is 0 Å². The van der Waals surface area contributed by atoms with Crippen LogP contribution in [0.4, 0.5) is 15.9 Å². The summed E-state index contributed by atoms with van der Waals surface area (Å²) in [5, 5.41) is 0.528. The Morgan fingerprint density at radius 1 is 1.02 bits per heavy atom. The van der Waals surface area contributed by atoms with Crippen molar-refractivity contribution in [3.8, 4) is 11.1 Å². The maximum absolute atomic E-state index is 15.4. The Morgan fingerprint density at radius 3 is 2.36 bits per heavy atom. The largest absolute Gasteiger partial charge is 0.383 e. The topological polar surface area (TPSA) is 111 Å². The molecule has 1 aliphatic carbocycles. The van der Waals surface area contributed by atoms with Gasteiger partial charge in [-0.15, -0.1) is 0 Å². The number of hydrogen-bond acceptors (Lipinski definition) is 6. The molecule has 4 aromatic rings. The lowest BCUT2D eigenvalue weighted by Gasteiger charge is -2.40. The van der Waals surface area contributed by atoms with Crippen LogP contribution in [0.15, 0.2) is 53.8 Å². The summed E-state index contributed by atoms with van der Waals surface area (Å²) in [6, 6.07) is 9.48. The van der Waals surface area contributed by atoms with Crippen LogP contribution in [0.25, 0.3) is 22.2 Å². The molecule has 9 nitrogen and oxygen atoms in total. The van der Waals surface area contributed by atoms with E-state index in [1.165, 1.54) is 49.7 Å². The molecule has 2 fully saturated rings. The first-order chi connectivity index (χ1) is 20.1. The third-order valence-corrected chi connectivity index (χ3v) is 10.9. The van der Waals surface area contributed by atoms with Gasteiger partial charge in [0, 0.05) is 36.9 Å². The number of fused-ring (bicyclic) bond motifs is 1. The summed E-state index contributed by atoms with van der Waals surface area (Å²) in [4.78, 5) is 12.7. The van der Waals surface area contributed by atoms with Crippen LogP contribution >= 0.6 is 23.2 Å². The summed E-state index contributed by atoms with van der Waals surface area (Å²) < 4.78 is 45.8. The van der Waals surface area contributed by atoms with Crippen molar-refractivity contribution in [2.45, 2.75) is 42.7 Å². The molecule has 0 unspecified atom stereocenters. The number of benzene rings is 2. The van der Waals surface area contributed by atoms with E-state index in [4.69, 9.17) is 28.9 Å². The average molecular weight is 634 g/mol. The molecule has 3 heterocycles. The van der Waals surface area contributed by atoms with E-state index in [9.17, 15) is 8.42 Å². The fourth-order valence-corrected chi connectivity index (χ4v) is 8.49. The number of piperazine rings is 1. The van der Waals surface area contributed by atoms with Crippen molar-refractivity contribution in [1.29, 1.82) is 0 Å². The standard InChI is InChI=1S/C29H32Cl2FN7O2S/c1-37-11-13-38(14-12-37)19-6-8-20(9-7-19)39-16-21(26-28(33)34-17-35-29(26)39)18-5-10-25(24(32)15-18)36-42(40,41)27-22(30)3-2-4-23(27)31/h2-5,10,15-17,19-20,36H,6-9,11-14H2,1H3,(H2,33,34,35)/p+1. The SMILES string of the molecule is C[NH+]1CCN(C2CCC(n3cc(-c4ccc(NS(=O)(=O)c5c(Cl)cccc5Cl)c(F)c4)c4c(N)ncnc43)CC2)CC1. The lowest BCUT2D eigenvalue weighted by molar-refractivity contribution is -0.884. The van der Waals surface area contributed by atoms with Gasteiger partial charge in [-0.3, -0.25) is 9.62 Å². The predicted molar refractivity (Wildman–Crippen MR) is 164 cm³/mol. The van der Waals surface area contributed by atoms with Gasteiger partial charge in [0.05, 0.1) is 41.3 Å². The Bertz CT molecular complexity index is 1710. The molecule has 0 spiro atoms. The lowest BCUT2D eigenvalue weighted by atomic mass is 9.89. The molecule has 1 aliphatic heterocycles. The van der Waals surface area contributed by atoms with E-state index in [2.05, 4.69) is 31.2 Å². The number of rotatable bonds is 6. The molecule has 2 aromatic carbocycles. The van der Waals surface area contributed by atoms with E-state index in [1.54, 1.807) is 11.0 Å². The molecule has 0 radical (unpaired) electrons. The van der Waals surface area contributed by atoms with Crippen molar-refractivity contribution in [2.75, 3.05) is 43.7 Å². The lowest BCUT2D eigenvalue weighted by Crippen LogP contribution is -3.12. The molecular weight excluding hydrogens is 600 g/mol. The number of nitrogen functional groups attached to an aromatic ring is 1. The van der Waals surface area contributed by atoms with Gasteiger partial charge in [-0.25, -0.2) is 22.8 Å². The third-order valence-electron chi connectivity index (χ3n) is 8.58. The third kappa shape index (κ3) is 5.56. The molecule has 4 N–H and O–H groups in total. The number of nitrogens with two attached hydrogens (primary N) is 1. The quantitative estimate of drug-likeness (QED) is 0.293. The van der Waals surface area contributed by atoms with E-state index < -0.39 is 15.8 Å².